The molecule has 0 N–H and O–H groups in total. The number of hydrogen-bond donors (Lipinski definition) is 0. The van der Waals surface area contributed by atoms with E-state index in [1.165, 1.54) is 44.5 Å². The fraction of sp³-hybridized carbons (Fsp3) is 0.222. The van der Waals surface area contributed by atoms with Gasteiger partial charge in [0.15, 0.2) is 0 Å². The predicted octanol–water partition coefficient (Wildman–Crippen LogP) is 9.95. The van der Waals surface area contributed by atoms with Gasteiger partial charge >= 0.3 is 0 Å². The van der Waals surface area contributed by atoms with Crippen LogP contribution < -0.4 is 0 Å². The lowest BCUT2D eigenvalue weighted by Gasteiger charge is -2.32. The van der Waals surface area contributed by atoms with E-state index in [0.29, 0.717) is 0 Å². The molecule has 0 atom stereocenters. The minimum absolute atomic E-state index is 1.10. The average molecular weight is 497 g/mol. The molecule has 4 aromatic carbocycles. The Balaban J connectivity index is 1.60. The molecule has 2 aliphatic carbocycles. The van der Waals surface area contributed by atoms with Crippen LogP contribution in [-0.2, 0) is 12.8 Å². The van der Waals surface area contributed by atoms with Gasteiger partial charge in [0.1, 0.15) is 8.07 Å². The molecular weight excluding hydrogens is 460 g/mol. The molecular formula is C36H36Si. The Bertz CT molecular complexity index is 1420. The summed E-state index contributed by atoms with van der Waals surface area (Å²) in [6.07, 6.45) is 4.44. The molecule has 2 aliphatic rings. The van der Waals surface area contributed by atoms with Gasteiger partial charge in [0, 0.05) is 0 Å². The van der Waals surface area contributed by atoms with E-state index >= 15 is 0 Å². The van der Waals surface area contributed by atoms with Crippen molar-refractivity contribution in [1.29, 1.82) is 0 Å². The van der Waals surface area contributed by atoms with E-state index in [0.717, 1.165) is 25.7 Å². The first-order chi connectivity index (χ1) is 18.0. The van der Waals surface area contributed by atoms with E-state index in [9.17, 15) is 0 Å². The van der Waals surface area contributed by atoms with Crippen molar-refractivity contribution < 1.29 is 0 Å². The first-order valence-electron chi connectivity index (χ1n) is 13.8. The average Bonchev–Trinajstić information content (AvgIpc) is 3.53. The van der Waals surface area contributed by atoms with Crippen LogP contribution in [0.25, 0.3) is 32.6 Å². The number of rotatable bonds is 6. The van der Waals surface area contributed by atoms with E-state index in [-0.39, 0.29) is 0 Å². The molecule has 0 fully saturated rings. The molecule has 0 aromatic heterocycles. The monoisotopic (exact) mass is 496 g/mol. The molecule has 0 radical (unpaired) electrons. The van der Waals surface area contributed by atoms with E-state index < -0.39 is 8.07 Å². The third-order valence-corrected chi connectivity index (χ3v) is 12.3. The Hall–Kier alpha value is -3.42. The zero-order chi connectivity index (χ0) is 25.6. The molecule has 0 saturated carbocycles. The number of allylic oxidation sites excluding steroid dienone is 2. The van der Waals surface area contributed by atoms with Crippen molar-refractivity contribution >= 4 is 18.5 Å². The largest absolute Gasteiger partial charge is 0.113 e. The maximum Gasteiger partial charge on any atom is 0.113 e. The Morgan fingerprint density at radius 1 is 0.514 bits per heavy atom. The summed E-state index contributed by atoms with van der Waals surface area (Å²) in [5, 5.41) is 3.39. The van der Waals surface area contributed by atoms with Crippen LogP contribution in [0.1, 0.15) is 48.9 Å². The van der Waals surface area contributed by atoms with E-state index in [4.69, 9.17) is 0 Å². The van der Waals surface area contributed by atoms with E-state index in [1.807, 2.05) is 0 Å². The number of fused-ring (bicyclic) bond motifs is 2. The maximum absolute atomic E-state index is 2.64. The van der Waals surface area contributed by atoms with Gasteiger partial charge in [-0.2, -0.15) is 0 Å². The van der Waals surface area contributed by atoms with Gasteiger partial charge in [-0.05, 0) is 80.6 Å². The summed E-state index contributed by atoms with van der Waals surface area (Å²) in [6.45, 7) is 10.00. The van der Waals surface area contributed by atoms with Crippen molar-refractivity contribution in [3.8, 4) is 22.3 Å². The van der Waals surface area contributed by atoms with Crippen LogP contribution in [0.3, 0.4) is 0 Å². The molecule has 0 heterocycles. The predicted molar refractivity (Wildman–Crippen MR) is 163 cm³/mol. The van der Waals surface area contributed by atoms with Crippen molar-refractivity contribution in [2.75, 3.05) is 0 Å². The summed E-state index contributed by atoms with van der Waals surface area (Å²) in [6, 6.07) is 36.0. The Labute approximate surface area is 223 Å². The fourth-order valence-electron chi connectivity index (χ4n) is 7.03. The van der Waals surface area contributed by atoms with Gasteiger partial charge in [0.05, 0.1) is 0 Å². The summed E-state index contributed by atoms with van der Waals surface area (Å²) >= 11 is 0. The maximum atomic E-state index is 2.64. The topological polar surface area (TPSA) is 0 Å². The van der Waals surface area contributed by atoms with Gasteiger partial charge in [-0.1, -0.05) is 135 Å². The van der Waals surface area contributed by atoms with Gasteiger partial charge in [0.2, 0.25) is 0 Å². The van der Waals surface area contributed by atoms with Gasteiger partial charge in [-0.3, -0.25) is 0 Å². The Morgan fingerprint density at radius 3 is 1.30 bits per heavy atom. The molecule has 0 bridgehead atoms. The van der Waals surface area contributed by atoms with Crippen molar-refractivity contribution in [2.45, 2.75) is 52.6 Å². The highest BCUT2D eigenvalue weighted by atomic mass is 28.3. The SMILES string of the molecule is CCC1=C([Si](C)(C)C2=C(CC)Cc3cccc(-c4ccccc4)c32)c2c(cccc2-c2ccccc2)C1. The van der Waals surface area contributed by atoms with Crippen molar-refractivity contribution in [3.05, 3.63) is 130 Å². The molecule has 1 heteroatoms. The molecule has 0 nitrogen and oxygen atoms in total. The molecule has 0 unspecified atom stereocenters. The van der Waals surface area contributed by atoms with Crippen molar-refractivity contribution in [1.82, 2.24) is 0 Å². The van der Waals surface area contributed by atoms with Crippen LogP contribution in [0.2, 0.25) is 13.1 Å². The van der Waals surface area contributed by atoms with Crippen molar-refractivity contribution in [2.24, 2.45) is 0 Å². The summed E-state index contributed by atoms with van der Waals surface area (Å²) in [5.74, 6) is 0. The standard InChI is InChI=1S/C36H36Si/c1-5-25-23-29-19-13-21-31(27-15-9-7-10-16-27)33(29)35(25)37(3,4)36-26(6-2)24-30-20-14-22-32(34(30)36)28-17-11-8-12-18-28/h7-22H,5-6,23-24H2,1-4H3. The highest BCUT2D eigenvalue weighted by molar-refractivity contribution is 7.09. The van der Waals surface area contributed by atoms with Crippen LogP contribution >= 0.6 is 0 Å². The van der Waals surface area contributed by atoms with Crippen molar-refractivity contribution in [3.63, 3.8) is 0 Å². The summed E-state index contributed by atoms with van der Waals surface area (Å²) in [7, 11) is -2.08. The zero-order valence-corrected chi connectivity index (χ0v) is 23.6. The fourth-order valence-corrected chi connectivity index (χ4v) is 11.4. The first kappa shape index (κ1) is 23.9. The normalized spacial score (nSPS) is 14.8. The highest BCUT2D eigenvalue weighted by Gasteiger charge is 2.43. The van der Waals surface area contributed by atoms with Crippen LogP contribution in [0.5, 0.6) is 0 Å². The molecule has 0 saturated heterocycles. The lowest BCUT2D eigenvalue weighted by molar-refractivity contribution is 1.03. The molecule has 37 heavy (non-hydrogen) atoms. The van der Waals surface area contributed by atoms with Gasteiger partial charge in [-0.15, -0.1) is 0 Å². The third kappa shape index (κ3) is 3.88. The smallest absolute Gasteiger partial charge is 0.0658 e. The summed E-state index contributed by atoms with van der Waals surface area (Å²) in [4.78, 5) is 0. The second kappa shape index (κ2) is 9.47. The minimum atomic E-state index is -2.08. The third-order valence-electron chi connectivity index (χ3n) is 8.59. The molecule has 0 spiro atoms. The highest BCUT2D eigenvalue weighted by Crippen LogP contribution is 2.53. The van der Waals surface area contributed by atoms with Crippen LogP contribution in [-0.4, -0.2) is 8.07 Å². The lowest BCUT2D eigenvalue weighted by atomic mass is 9.97. The molecule has 6 rings (SSSR count). The molecule has 4 aromatic rings. The lowest BCUT2D eigenvalue weighted by Crippen LogP contribution is -2.32. The summed E-state index contributed by atoms with van der Waals surface area (Å²) < 4.78 is 0. The number of benzene rings is 4. The van der Waals surface area contributed by atoms with E-state index in [2.05, 4.69) is 124 Å². The number of hydrogen-bond acceptors (Lipinski definition) is 0. The van der Waals surface area contributed by atoms with Gasteiger partial charge in [-0.25, -0.2) is 0 Å². The first-order valence-corrected chi connectivity index (χ1v) is 16.8. The Morgan fingerprint density at radius 2 is 0.919 bits per heavy atom. The molecule has 0 amide bonds. The Kier molecular flexibility index (Phi) is 6.13. The van der Waals surface area contributed by atoms with Crippen LogP contribution in [0.15, 0.2) is 108 Å². The molecule has 0 aliphatic heterocycles. The van der Waals surface area contributed by atoms with Crippen LogP contribution in [0, 0.1) is 0 Å². The van der Waals surface area contributed by atoms with Gasteiger partial charge < -0.3 is 0 Å². The second-order valence-corrected chi connectivity index (χ2v) is 15.3. The van der Waals surface area contributed by atoms with E-state index in [1.54, 1.807) is 21.5 Å². The minimum Gasteiger partial charge on any atom is -0.0658 e. The zero-order valence-electron chi connectivity index (χ0n) is 22.6. The second-order valence-electron chi connectivity index (χ2n) is 11.1. The molecule has 184 valence electrons. The quantitative estimate of drug-likeness (QED) is 0.233. The summed E-state index contributed by atoms with van der Waals surface area (Å²) in [5.41, 5.74) is 14.9. The van der Waals surface area contributed by atoms with Gasteiger partial charge in [0.25, 0.3) is 0 Å². The van der Waals surface area contributed by atoms with Crippen LogP contribution in [0.4, 0.5) is 0 Å².